The highest BCUT2D eigenvalue weighted by atomic mass is 15.3. The highest BCUT2D eigenvalue weighted by Crippen LogP contribution is 2.35. The predicted molar refractivity (Wildman–Crippen MR) is 63.5 cm³/mol. The van der Waals surface area contributed by atoms with Gasteiger partial charge in [0.25, 0.3) is 0 Å². The summed E-state index contributed by atoms with van der Waals surface area (Å²) >= 11 is 0. The van der Waals surface area contributed by atoms with Gasteiger partial charge >= 0.3 is 0 Å². The fraction of sp³-hybridized carbons (Fsp3) is 0.0769. The minimum Gasteiger partial charge on any atom is -0.366 e. The molecular formula is C13H12N2. The largest absolute Gasteiger partial charge is 0.366 e. The average Bonchev–Trinajstić information content (AvgIpc) is 2.74. The number of nitrogens with zero attached hydrogens (tertiary/aromatic N) is 1. The third kappa shape index (κ3) is 1.34. The Kier molecular flexibility index (Phi) is 1.85. The third-order valence-corrected chi connectivity index (χ3v) is 2.69. The van der Waals surface area contributed by atoms with Crippen molar-refractivity contribution in [2.45, 2.75) is 0 Å². The fourth-order valence-corrected chi connectivity index (χ4v) is 1.95. The molecule has 1 aliphatic heterocycles. The Hall–Kier alpha value is -1.96. The first-order valence-electron chi connectivity index (χ1n) is 5.11. The molecule has 0 saturated heterocycles. The van der Waals surface area contributed by atoms with Gasteiger partial charge in [0.2, 0.25) is 0 Å². The number of hydrogen-bond acceptors (Lipinski definition) is 2. The number of para-hydroxylation sites is 3. The maximum absolute atomic E-state index is 3.37. The van der Waals surface area contributed by atoms with Crippen LogP contribution in [-0.4, -0.2) is 6.67 Å². The van der Waals surface area contributed by atoms with Crippen molar-refractivity contribution < 1.29 is 0 Å². The van der Waals surface area contributed by atoms with Gasteiger partial charge in [0, 0.05) is 5.69 Å². The zero-order chi connectivity index (χ0) is 10.1. The molecule has 3 rings (SSSR count). The lowest BCUT2D eigenvalue weighted by Crippen LogP contribution is -2.15. The van der Waals surface area contributed by atoms with E-state index in [0.717, 1.165) is 6.67 Å². The molecule has 74 valence electrons. The van der Waals surface area contributed by atoms with E-state index in [1.54, 1.807) is 0 Å². The molecular weight excluding hydrogens is 184 g/mol. The summed E-state index contributed by atoms with van der Waals surface area (Å²) in [4.78, 5) is 2.27. The maximum atomic E-state index is 3.37. The fourth-order valence-electron chi connectivity index (χ4n) is 1.95. The number of nitrogens with one attached hydrogen (secondary N) is 1. The van der Waals surface area contributed by atoms with Gasteiger partial charge in [0.1, 0.15) is 0 Å². The van der Waals surface area contributed by atoms with E-state index in [4.69, 9.17) is 0 Å². The van der Waals surface area contributed by atoms with Crippen molar-refractivity contribution in [2.24, 2.45) is 0 Å². The number of fused-ring (bicyclic) bond motifs is 1. The van der Waals surface area contributed by atoms with Crippen molar-refractivity contribution in [1.29, 1.82) is 0 Å². The molecule has 0 aliphatic carbocycles. The molecule has 0 fully saturated rings. The van der Waals surface area contributed by atoms with E-state index in [0.29, 0.717) is 0 Å². The summed E-state index contributed by atoms with van der Waals surface area (Å²) in [5, 5.41) is 3.37. The lowest BCUT2D eigenvalue weighted by atomic mass is 10.2. The van der Waals surface area contributed by atoms with Gasteiger partial charge in [-0.3, -0.25) is 0 Å². The van der Waals surface area contributed by atoms with Crippen LogP contribution >= 0.6 is 0 Å². The topological polar surface area (TPSA) is 15.3 Å². The van der Waals surface area contributed by atoms with Gasteiger partial charge in [0.15, 0.2) is 0 Å². The van der Waals surface area contributed by atoms with E-state index >= 15 is 0 Å². The summed E-state index contributed by atoms with van der Waals surface area (Å²) in [6.07, 6.45) is 0. The van der Waals surface area contributed by atoms with Crippen LogP contribution in [0.2, 0.25) is 0 Å². The van der Waals surface area contributed by atoms with Crippen LogP contribution in [0.15, 0.2) is 54.6 Å². The van der Waals surface area contributed by atoms with E-state index in [9.17, 15) is 0 Å². The van der Waals surface area contributed by atoms with Crippen LogP contribution in [-0.2, 0) is 0 Å². The molecule has 0 bridgehead atoms. The van der Waals surface area contributed by atoms with Crippen LogP contribution in [0.4, 0.5) is 17.1 Å². The number of anilines is 3. The molecule has 0 atom stereocenters. The Morgan fingerprint density at radius 3 is 2.47 bits per heavy atom. The van der Waals surface area contributed by atoms with Crippen LogP contribution in [0, 0.1) is 0 Å². The molecule has 0 unspecified atom stereocenters. The van der Waals surface area contributed by atoms with Gasteiger partial charge in [-0.05, 0) is 24.3 Å². The van der Waals surface area contributed by atoms with Crippen molar-refractivity contribution >= 4 is 17.1 Å². The van der Waals surface area contributed by atoms with Crippen LogP contribution in [0.25, 0.3) is 0 Å². The second kappa shape index (κ2) is 3.31. The predicted octanol–water partition coefficient (Wildman–Crippen LogP) is 3.21. The van der Waals surface area contributed by atoms with Gasteiger partial charge in [-0.15, -0.1) is 0 Å². The minimum atomic E-state index is 0.851. The second-order valence-electron chi connectivity index (χ2n) is 3.62. The SMILES string of the molecule is c1ccc(N2CNc3ccccc32)cc1. The molecule has 1 aliphatic rings. The summed E-state index contributed by atoms with van der Waals surface area (Å²) < 4.78 is 0. The lowest BCUT2D eigenvalue weighted by Gasteiger charge is -2.17. The van der Waals surface area contributed by atoms with Crippen molar-refractivity contribution in [3.63, 3.8) is 0 Å². The minimum absolute atomic E-state index is 0.851. The second-order valence-corrected chi connectivity index (χ2v) is 3.62. The summed E-state index contributed by atoms with van der Waals surface area (Å²) in [6.45, 7) is 0.851. The number of benzene rings is 2. The quantitative estimate of drug-likeness (QED) is 0.753. The van der Waals surface area contributed by atoms with Gasteiger partial charge in [-0.1, -0.05) is 30.3 Å². The summed E-state index contributed by atoms with van der Waals surface area (Å²) in [5.74, 6) is 0. The normalized spacial score (nSPS) is 13.5. The smallest absolute Gasteiger partial charge is 0.0926 e. The van der Waals surface area contributed by atoms with Crippen LogP contribution < -0.4 is 10.2 Å². The van der Waals surface area contributed by atoms with E-state index in [-0.39, 0.29) is 0 Å². The van der Waals surface area contributed by atoms with Crippen molar-refractivity contribution in [1.82, 2.24) is 0 Å². The first kappa shape index (κ1) is 8.36. The maximum Gasteiger partial charge on any atom is 0.0926 e. The first-order chi connectivity index (χ1) is 7.45. The standard InChI is InChI=1S/C13H12N2/c1-2-6-11(7-3-1)15-10-14-12-8-4-5-9-13(12)15/h1-9,14H,10H2. The van der Waals surface area contributed by atoms with Gasteiger partial charge < -0.3 is 10.2 Å². The summed E-state index contributed by atoms with van der Waals surface area (Å²) in [7, 11) is 0. The van der Waals surface area contributed by atoms with Crippen molar-refractivity contribution in [3.05, 3.63) is 54.6 Å². The Labute approximate surface area is 89.2 Å². The number of rotatable bonds is 1. The Balaban J connectivity index is 2.05. The first-order valence-corrected chi connectivity index (χ1v) is 5.11. The lowest BCUT2D eigenvalue weighted by molar-refractivity contribution is 1.10. The van der Waals surface area contributed by atoms with Crippen molar-refractivity contribution in [2.75, 3.05) is 16.9 Å². The van der Waals surface area contributed by atoms with E-state index in [2.05, 4.69) is 58.7 Å². The molecule has 0 radical (unpaired) electrons. The highest BCUT2D eigenvalue weighted by Gasteiger charge is 2.18. The Morgan fingerprint density at radius 2 is 1.60 bits per heavy atom. The summed E-state index contributed by atoms with van der Waals surface area (Å²) in [5.41, 5.74) is 3.69. The Morgan fingerprint density at radius 1 is 0.867 bits per heavy atom. The average molecular weight is 196 g/mol. The van der Waals surface area contributed by atoms with Crippen molar-refractivity contribution in [3.8, 4) is 0 Å². The monoisotopic (exact) mass is 196 g/mol. The molecule has 1 heterocycles. The number of hydrogen-bond donors (Lipinski definition) is 1. The zero-order valence-electron chi connectivity index (χ0n) is 8.35. The third-order valence-electron chi connectivity index (χ3n) is 2.69. The molecule has 0 aromatic heterocycles. The molecule has 0 spiro atoms. The molecule has 0 amide bonds. The van der Waals surface area contributed by atoms with Crippen LogP contribution in [0.3, 0.4) is 0 Å². The van der Waals surface area contributed by atoms with Crippen LogP contribution in [0.1, 0.15) is 0 Å². The van der Waals surface area contributed by atoms with Gasteiger partial charge in [-0.2, -0.15) is 0 Å². The van der Waals surface area contributed by atoms with Crippen LogP contribution in [0.5, 0.6) is 0 Å². The Bertz CT molecular complexity index is 465. The highest BCUT2D eigenvalue weighted by molar-refractivity contribution is 5.80. The zero-order valence-corrected chi connectivity index (χ0v) is 8.35. The van der Waals surface area contributed by atoms with Gasteiger partial charge in [-0.25, -0.2) is 0 Å². The van der Waals surface area contributed by atoms with Gasteiger partial charge in [0.05, 0.1) is 18.0 Å². The van der Waals surface area contributed by atoms with E-state index < -0.39 is 0 Å². The summed E-state index contributed by atoms with van der Waals surface area (Å²) in [6, 6.07) is 18.8. The molecule has 0 saturated carbocycles. The molecule has 2 aromatic carbocycles. The molecule has 2 aromatic rings. The molecule has 15 heavy (non-hydrogen) atoms. The molecule has 2 heteroatoms. The van der Waals surface area contributed by atoms with E-state index in [1.165, 1.54) is 17.1 Å². The van der Waals surface area contributed by atoms with E-state index in [1.807, 2.05) is 6.07 Å². The molecule has 1 N–H and O–H groups in total. The molecule has 2 nitrogen and oxygen atoms in total.